The van der Waals surface area contributed by atoms with Gasteiger partial charge in [0.1, 0.15) is 18.3 Å². The van der Waals surface area contributed by atoms with Gasteiger partial charge in [0, 0.05) is 37.8 Å². The van der Waals surface area contributed by atoms with Crippen molar-refractivity contribution in [3.8, 4) is 11.8 Å². The third-order valence-electron chi connectivity index (χ3n) is 3.63. The largest absolute Gasteiger partial charge is 0.370 e. The molecule has 0 aliphatic carbocycles. The van der Waals surface area contributed by atoms with Crippen molar-refractivity contribution in [1.82, 2.24) is 10.6 Å². The van der Waals surface area contributed by atoms with Crippen LogP contribution in [0.2, 0.25) is 0 Å². The summed E-state index contributed by atoms with van der Waals surface area (Å²) >= 11 is 0. The van der Waals surface area contributed by atoms with Crippen molar-refractivity contribution in [3.63, 3.8) is 0 Å². The summed E-state index contributed by atoms with van der Waals surface area (Å²) in [4.78, 5) is 11.8. The van der Waals surface area contributed by atoms with Crippen LogP contribution in [0, 0.1) is 17.8 Å². The molecular weight excluding hydrogens is 380 g/mol. The molecule has 2 N–H and O–H groups in total. The number of carbonyl (C=O) groups is 1. The summed E-state index contributed by atoms with van der Waals surface area (Å²) in [5.74, 6) is 8.72. The third kappa shape index (κ3) is 21.9. The molecule has 0 aliphatic heterocycles. The van der Waals surface area contributed by atoms with Crippen LogP contribution in [0.15, 0.2) is 0 Å². The van der Waals surface area contributed by atoms with Gasteiger partial charge in [-0.05, 0) is 26.3 Å². The van der Waals surface area contributed by atoms with E-state index in [1.54, 1.807) is 10.8 Å². The maximum absolute atomic E-state index is 11.8. The van der Waals surface area contributed by atoms with Gasteiger partial charge in [-0.3, -0.25) is 4.79 Å². The summed E-state index contributed by atoms with van der Waals surface area (Å²) in [6, 6.07) is 0. The number of hydrogen-bond donors (Lipinski definition) is 2. The van der Waals surface area contributed by atoms with Gasteiger partial charge in [0.05, 0.1) is 13.2 Å². The predicted octanol–water partition coefficient (Wildman–Crippen LogP) is 3.35. The quantitative estimate of drug-likeness (QED) is 0.144. The molecule has 0 fully saturated rings. The van der Waals surface area contributed by atoms with Crippen LogP contribution in [0.3, 0.4) is 0 Å². The van der Waals surface area contributed by atoms with E-state index in [1.807, 2.05) is 17.8 Å². The van der Waals surface area contributed by atoms with E-state index in [-0.39, 0.29) is 5.78 Å². The molecular formula is C20H38N2O3S2. The maximum Gasteiger partial charge on any atom is 0.146 e. The van der Waals surface area contributed by atoms with Crippen molar-refractivity contribution < 1.29 is 14.3 Å². The van der Waals surface area contributed by atoms with Gasteiger partial charge in [0.25, 0.3) is 0 Å². The molecule has 0 aromatic rings. The van der Waals surface area contributed by atoms with E-state index in [9.17, 15) is 4.79 Å². The van der Waals surface area contributed by atoms with Crippen LogP contribution in [0.1, 0.15) is 46.0 Å². The summed E-state index contributed by atoms with van der Waals surface area (Å²) in [7, 11) is 5.51. The summed E-state index contributed by atoms with van der Waals surface area (Å²) < 4.78 is 11.0. The second-order valence-electron chi connectivity index (χ2n) is 6.31. The zero-order chi connectivity index (χ0) is 20.0. The number of unbranched alkanes of at least 4 members (excludes halogenated alkanes) is 1. The lowest BCUT2D eigenvalue weighted by Gasteiger charge is -2.05. The Hall–Kier alpha value is -0.230. The number of rotatable bonds is 19. The Balaban J connectivity index is 3.28. The highest BCUT2D eigenvalue weighted by Gasteiger charge is 2.01. The molecule has 1 unspecified atom stereocenters. The zero-order valence-electron chi connectivity index (χ0n) is 17.3. The van der Waals surface area contributed by atoms with Gasteiger partial charge >= 0.3 is 0 Å². The smallest absolute Gasteiger partial charge is 0.146 e. The van der Waals surface area contributed by atoms with E-state index in [0.29, 0.717) is 44.6 Å². The summed E-state index contributed by atoms with van der Waals surface area (Å²) in [5, 5.41) is 6.24. The second-order valence-corrected chi connectivity index (χ2v) is 8.84. The van der Waals surface area contributed by atoms with Crippen LogP contribution in [0.5, 0.6) is 0 Å². The van der Waals surface area contributed by atoms with E-state index in [0.717, 1.165) is 44.6 Å². The maximum atomic E-state index is 11.8. The Morgan fingerprint density at radius 1 is 1.15 bits per heavy atom. The number of ketones is 1. The second kappa shape index (κ2) is 22.1. The Morgan fingerprint density at radius 3 is 2.78 bits per heavy atom. The van der Waals surface area contributed by atoms with E-state index in [2.05, 4.69) is 36.3 Å². The van der Waals surface area contributed by atoms with E-state index >= 15 is 0 Å². The van der Waals surface area contributed by atoms with E-state index < -0.39 is 0 Å². The van der Waals surface area contributed by atoms with Crippen LogP contribution in [0.25, 0.3) is 0 Å². The van der Waals surface area contributed by atoms with Crippen LogP contribution in [-0.4, -0.2) is 64.0 Å². The fourth-order valence-corrected chi connectivity index (χ4v) is 3.83. The molecule has 0 aliphatic rings. The first-order valence-corrected chi connectivity index (χ1v) is 12.4. The van der Waals surface area contributed by atoms with Crippen molar-refractivity contribution in [2.75, 3.05) is 58.2 Å². The number of carbonyl (C=O) groups excluding carboxylic acids is 1. The molecule has 0 amide bonds. The standard InChI is InChI=1S/C20H38N2O3S2/c1-4-8-19(2)9-7-14-24-15-11-22-17-20(23)10-5-6-13-25-18-27-26-16-12-21-3/h19,21-22H,4-6,8,10-18H2,1-3H3. The first-order chi connectivity index (χ1) is 13.2. The van der Waals surface area contributed by atoms with Gasteiger partial charge in [0.15, 0.2) is 0 Å². The Labute approximate surface area is 174 Å². The van der Waals surface area contributed by atoms with Gasteiger partial charge < -0.3 is 20.1 Å². The summed E-state index contributed by atoms with van der Waals surface area (Å²) in [5.41, 5.74) is 0. The molecule has 0 aromatic carbocycles. The number of nitrogens with one attached hydrogen (secondary N) is 2. The van der Waals surface area contributed by atoms with Crippen molar-refractivity contribution in [1.29, 1.82) is 0 Å². The molecule has 0 bridgehead atoms. The lowest BCUT2D eigenvalue weighted by molar-refractivity contribution is -0.118. The highest BCUT2D eigenvalue weighted by molar-refractivity contribution is 8.76. The monoisotopic (exact) mass is 418 g/mol. The van der Waals surface area contributed by atoms with E-state index in [4.69, 9.17) is 9.47 Å². The minimum Gasteiger partial charge on any atom is -0.370 e. The molecule has 5 nitrogen and oxygen atoms in total. The lowest BCUT2D eigenvalue weighted by Crippen LogP contribution is -2.26. The zero-order valence-corrected chi connectivity index (χ0v) is 18.9. The average molecular weight is 419 g/mol. The first kappa shape index (κ1) is 26.8. The topological polar surface area (TPSA) is 59.6 Å². The third-order valence-corrected chi connectivity index (χ3v) is 5.72. The highest BCUT2D eigenvalue weighted by atomic mass is 33.1. The first-order valence-electron chi connectivity index (χ1n) is 9.96. The van der Waals surface area contributed by atoms with Crippen molar-refractivity contribution in [2.45, 2.75) is 46.0 Å². The predicted molar refractivity (Wildman–Crippen MR) is 119 cm³/mol. The molecule has 27 heavy (non-hydrogen) atoms. The fourth-order valence-electron chi connectivity index (χ4n) is 2.16. The fraction of sp³-hybridized carbons (Fsp3) is 0.850. The van der Waals surface area contributed by atoms with Gasteiger partial charge in [-0.15, -0.1) is 0 Å². The Kier molecular flexibility index (Phi) is 21.9. The van der Waals surface area contributed by atoms with Gasteiger partial charge in [-0.2, -0.15) is 0 Å². The molecule has 0 radical (unpaired) electrons. The van der Waals surface area contributed by atoms with Crippen molar-refractivity contribution in [3.05, 3.63) is 0 Å². The number of ether oxygens (including phenoxy) is 2. The molecule has 0 aromatic heterocycles. The summed E-state index contributed by atoms with van der Waals surface area (Å²) in [6.45, 7) is 8.21. The van der Waals surface area contributed by atoms with Gasteiger partial charge in [0.2, 0.25) is 0 Å². The van der Waals surface area contributed by atoms with Crippen LogP contribution in [-0.2, 0) is 14.3 Å². The summed E-state index contributed by atoms with van der Waals surface area (Å²) in [6.07, 6.45) is 4.74. The molecule has 1 atom stereocenters. The molecule has 0 saturated carbocycles. The van der Waals surface area contributed by atoms with Crippen molar-refractivity contribution >= 4 is 27.4 Å². The average Bonchev–Trinajstić information content (AvgIpc) is 2.65. The van der Waals surface area contributed by atoms with Gasteiger partial charge in [-0.25, -0.2) is 0 Å². The minimum atomic E-state index is 0.250. The van der Waals surface area contributed by atoms with E-state index in [1.165, 1.54) is 0 Å². The number of Topliss-reactive ketones (excluding diaryl/α,β-unsaturated/α-hetero) is 1. The minimum absolute atomic E-state index is 0.250. The number of hydrogen-bond acceptors (Lipinski definition) is 7. The molecule has 0 heterocycles. The van der Waals surface area contributed by atoms with Crippen LogP contribution >= 0.6 is 21.6 Å². The molecule has 0 spiro atoms. The molecule has 0 saturated heterocycles. The normalized spacial score (nSPS) is 11.8. The molecule has 7 heteroatoms. The van der Waals surface area contributed by atoms with Gasteiger partial charge in [-0.1, -0.05) is 53.7 Å². The van der Waals surface area contributed by atoms with Crippen LogP contribution in [0.4, 0.5) is 0 Å². The van der Waals surface area contributed by atoms with Crippen molar-refractivity contribution in [2.24, 2.45) is 5.92 Å². The Bertz CT molecular complexity index is 400. The molecule has 0 rings (SSSR count). The SMILES string of the molecule is CCCC(C)C#CCOCCNCC(=O)CCCCOCSSCCNC. The Morgan fingerprint density at radius 2 is 2.00 bits per heavy atom. The van der Waals surface area contributed by atoms with Crippen LogP contribution < -0.4 is 10.6 Å². The highest BCUT2D eigenvalue weighted by Crippen LogP contribution is 2.20. The lowest BCUT2D eigenvalue weighted by atomic mass is 10.1. The molecule has 158 valence electrons.